The van der Waals surface area contributed by atoms with Crippen molar-refractivity contribution in [3.8, 4) is 0 Å². The summed E-state index contributed by atoms with van der Waals surface area (Å²) in [5, 5.41) is 0. The van der Waals surface area contributed by atoms with Crippen LogP contribution in [0.15, 0.2) is 30.3 Å². The summed E-state index contributed by atoms with van der Waals surface area (Å²) in [6.45, 7) is 9.37. The molecule has 1 aromatic rings. The minimum Gasteiger partial charge on any atom is -0.379 e. The van der Waals surface area contributed by atoms with Crippen molar-refractivity contribution < 1.29 is 9.53 Å². The third kappa shape index (κ3) is 5.11. The zero-order valence-corrected chi connectivity index (χ0v) is 13.8. The lowest BCUT2D eigenvalue weighted by molar-refractivity contribution is -0.134. The van der Waals surface area contributed by atoms with Gasteiger partial charge in [-0.15, -0.1) is 0 Å². The molecule has 0 saturated carbocycles. The Hall–Kier alpha value is -1.39. The molecule has 0 aromatic heterocycles. The lowest BCUT2D eigenvalue weighted by Crippen LogP contribution is -2.47. The molecule has 122 valence electrons. The highest BCUT2D eigenvalue weighted by Gasteiger charge is 2.22. The van der Waals surface area contributed by atoms with Gasteiger partial charge in [-0.2, -0.15) is 0 Å². The van der Waals surface area contributed by atoms with E-state index in [1.54, 1.807) is 0 Å². The van der Waals surface area contributed by atoms with E-state index >= 15 is 0 Å². The maximum Gasteiger partial charge on any atom is 0.223 e. The second-order valence-corrected chi connectivity index (χ2v) is 6.02. The molecule has 1 amide bonds. The van der Waals surface area contributed by atoms with Crippen LogP contribution in [0.3, 0.4) is 0 Å². The molecule has 22 heavy (non-hydrogen) atoms. The van der Waals surface area contributed by atoms with E-state index in [4.69, 9.17) is 4.74 Å². The van der Waals surface area contributed by atoms with Gasteiger partial charge in [0.15, 0.2) is 0 Å². The number of carbonyl (C=O) groups excluding carboxylic acids is 1. The zero-order chi connectivity index (χ0) is 15.8. The first-order chi connectivity index (χ1) is 10.7. The number of rotatable bonds is 7. The van der Waals surface area contributed by atoms with Gasteiger partial charge in [0.2, 0.25) is 5.91 Å². The van der Waals surface area contributed by atoms with Crippen LogP contribution in [0.5, 0.6) is 0 Å². The van der Waals surface area contributed by atoms with E-state index in [0.717, 1.165) is 39.3 Å². The highest BCUT2D eigenvalue weighted by Crippen LogP contribution is 2.13. The van der Waals surface area contributed by atoms with Crippen molar-refractivity contribution in [1.82, 2.24) is 9.80 Å². The molecule has 0 unspecified atom stereocenters. The molecule has 0 aliphatic carbocycles. The standard InChI is InChI=1S/C18H28N2O2/c1-3-7-18(21)20(15-17-8-5-4-6-9-17)16(2)14-19-10-12-22-13-11-19/h4-6,8-9,16H,3,7,10-15H2,1-2H3/t16-/m0/s1. The minimum atomic E-state index is 0.220. The quantitative estimate of drug-likeness (QED) is 0.776. The van der Waals surface area contributed by atoms with Crippen LogP contribution in [-0.4, -0.2) is 54.6 Å². The van der Waals surface area contributed by atoms with E-state index in [9.17, 15) is 4.79 Å². The molecule has 4 nitrogen and oxygen atoms in total. The first kappa shape index (κ1) is 17.0. The lowest BCUT2D eigenvalue weighted by atomic mass is 10.1. The summed E-state index contributed by atoms with van der Waals surface area (Å²) in [4.78, 5) is 16.9. The Morgan fingerprint density at radius 3 is 2.59 bits per heavy atom. The Morgan fingerprint density at radius 2 is 1.95 bits per heavy atom. The van der Waals surface area contributed by atoms with E-state index < -0.39 is 0 Å². The van der Waals surface area contributed by atoms with Crippen LogP contribution in [0, 0.1) is 0 Å². The van der Waals surface area contributed by atoms with Crippen LogP contribution in [0.25, 0.3) is 0 Å². The van der Waals surface area contributed by atoms with Gasteiger partial charge in [-0.3, -0.25) is 9.69 Å². The van der Waals surface area contributed by atoms with E-state index in [2.05, 4.69) is 30.9 Å². The van der Waals surface area contributed by atoms with E-state index in [0.29, 0.717) is 13.0 Å². The predicted molar refractivity (Wildman–Crippen MR) is 88.6 cm³/mol. The van der Waals surface area contributed by atoms with Gasteiger partial charge in [0.1, 0.15) is 0 Å². The smallest absolute Gasteiger partial charge is 0.223 e. The number of amides is 1. The molecule has 1 aliphatic heterocycles. The van der Waals surface area contributed by atoms with Crippen molar-refractivity contribution in [1.29, 1.82) is 0 Å². The summed E-state index contributed by atoms with van der Waals surface area (Å²) in [6, 6.07) is 10.5. The molecule has 1 atom stereocenters. The van der Waals surface area contributed by atoms with Crippen molar-refractivity contribution >= 4 is 5.91 Å². The average molecular weight is 304 g/mol. The van der Waals surface area contributed by atoms with Crippen molar-refractivity contribution in [3.05, 3.63) is 35.9 Å². The fourth-order valence-electron chi connectivity index (χ4n) is 2.88. The molecule has 1 aliphatic rings. The average Bonchev–Trinajstić information content (AvgIpc) is 2.54. The predicted octanol–water partition coefficient (Wildman–Crippen LogP) is 2.54. The maximum absolute atomic E-state index is 12.5. The van der Waals surface area contributed by atoms with E-state index in [1.165, 1.54) is 5.56 Å². The van der Waals surface area contributed by atoms with Crippen molar-refractivity contribution in [2.45, 2.75) is 39.3 Å². The van der Waals surface area contributed by atoms with Gasteiger partial charge in [-0.25, -0.2) is 0 Å². The monoisotopic (exact) mass is 304 g/mol. The zero-order valence-electron chi connectivity index (χ0n) is 13.8. The second-order valence-electron chi connectivity index (χ2n) is 6.02. The first-order valence-corrected chi connectivity index (χ1v) is 8.34. The summed E-state index contributed by atoms with van der Waals surface area (Å²) in [5.41, 5.74) is 1.20. The fourth-order valence-corrected chi connectivity index (χ4v) is 2.88. The first-order valence-electron chi connectivity index (χ1n) is 8.34. The number of benzene rings is 1. The topological polar surface area (TPSA) is 32.8 Å². The van der Waals surface area contributed by atoms with Crippen LogP contribution in [0.2, 0.25) is 0 Å². The maximum atomic E-state index is 12.5. The van der Waals surface area contributed by atoms with Crippen molar-refractivity contribution in [2.75, 3.05) is 32.8 Å². The molecular weight excluding hydrogens is 276 g/mol. The lowest BCUT2D eigenvalue weighted by Gasteiger charge is -2.35. The van der Waals surface area contributed by atoms with Gasteiger partial charge in [0.25, 0.3) is 0 Å². The Labute approximate surface area is 134 Å². The van der Waals surface area contributed by atoms with Gasteiger partial charge >= 0.3 is 0 Å². The molecule has 0 bridgehead atoms. The SMILES string of the molecule is CCCC(=O)N(Cc1ccccc1)[C@@H](C)CN1CCOCC1. The number of carbonyl (C=O) groups is 1. The molecule has 1 saturated heterocycles. The number of morpholine rings is 1. The van der Waals surface area contributed by atoms with Gasteiger partial charge in [0, 0.05) is 38.6 Å². The van der Waals surface area contributed by atoms with E-state index in [-0.39, 0.29) is 11.9 Å². The summed E-state index contributed by atoms with van der Waals surface area (Å²) in [5.74, 6) is 0.257. The second kappa shape index (κ2) is 8.91. The van der Waals surface area contributed by atoms with Gasteiger partial charge < -0.3 is 9.64 Å². The molecule has 0 radical (unpaired) electrons. The fraction of sp³-hybridized carbons (Fsp3) is 0.611. The molecule has 0 spiro atoms. The van der Waals surface area contributed by atoms with Gasteiger partial charge in [-0.1, -0.05) is 37.3 Å². The van der Waals surface area contributed by atoms with Crippen molar-refractivity contribution in [3.63, 3.8) is 0 Å². The van der Waals surface area contributed by atoms with Crippen LogP contribution < -0.4 is 0 Å². The van der Waals surface area contributed by atoms with Crippen LogP contribution >= 0.6 is 0 Å². The molecule has 2 rings (SSSR count). The summed E-state index contributed by atoms with van der Waals surface area (Å²) in [7, 11) is 0. The molecular formula is C18H28N2O2. The van der Waals surface area contributed by atoms with Crippen LogP contribution in [0.1, 0.15) is 32.3 Å². The molecule has 1 aromatic carbocycles. The highest BCUT2D eigenvalue weighted by molar-refractivity contribution is 5.76. The van der Waals surface area contributed by atoms with Crippen LogP contribution in [-0.2, 0) is 16.1 Å². The normalized spacial score (nSPS) is 17.2. The summed E-state index contributed by atoms with van der Waals surface area (Å²) >= 11 is 0. The summed E-state index contributed by atoms with van der Waals surface area (Å²) < 4.78 is 5.40. The molecule has 1 heterocycles. The molecule has 0 N–H and O–H groups in total. The van der Waals surface area contributed by atoms with Gasteiger partial charge in [-0.05, 0) is 18.9 Å². The number of hydrogen-bond donors (Lipinski definition) is 0. The van der Waals surface area contributed by atoms with E-state index in [1.807, 2.05) is 23.1 Å². The number of ether oxygens (including phenoxy) is 1. The Morgan fingerprint density at radius 1 is 1.27 bits per heavy atom. The van der Waals surface area contributed by atoms with Crippen molar-refractivity contribution in [2.24, 2.45) is 0 Å². The van der Waals surface area contributed by atoms with Crippen LogP contribution in [0.4, 0.5) is 0 Å². The Kier molecular flexibility index (Phi) is 6.87. The molecule has 4 heteroatoms. The third-order valence-corrected chi connectivity index (χ3v) is 4.14. The highest BCUT2D eigenvalue weighted by atomic mass is 16.5. The number of nitrogens with zero attached hydrogens (tertiary/aromatic N) is 2. The minimum absolute atomic E-state index is 0.220. The Balaban J connectivity index is 2.00. The summed E-state index contributed by atoms with van der Waals surface area (Å²) in [6.07, 6.45) is 1.52. The number of hydrogen-bond acceptors (Lipinski definition) is 3. The largest absolute Gasteiger partial charge is 0.379 e. The third-order valence-electron chi connectivity index (χ3n) is 4.14. The Bertz CT molecular complexity index is 444. The molecule has 1 fully saturated rings. The van der Waals surface area contributed by atoms with Gasteiger partial charge in [0.05, 0.1) is 13.2 Å².